The van der Waals surface area contributed by atoms with Gasteiger partial charge in [0.1, 0.15) is 22.7 Å². The SMILES string of the molecule is CN(C[C@H]1CSC(c2ccc(F)cc2O)=N1)[C@H](CS)C(=O)O. The molecule has 0 amide bonds. The largest absolute Gasteiger partial charge is 0.507 e. The van der Waals surface area contributed by atoms with Gasteiger partial charge in [-0.2, -0.15) is 12.6 Å². The molecule has 0 aliphatic carbocycles. The van der Waals surface area contributed by atoms with Crippen LogP contribution >= 0.6 is 24.4 Å². The Bertz CT molecular complexity index is 597. The van der Waals surface area contributed by atoms with Gasteiger partial charge in [0.05, 0.1) is 6.04 Å². The lowest BCUT2D eigenvalue weighted by Crippen LogP contribution is -2.43. The number of nitrogens with zero attached hydrogens (tertiary/aromatic N) is 2. The maximum Gasteiger partial charge on any atom is 0.321 e. The third-order valence-corrected chi connectivity index (χ3v) is 4.89. The normalized spacial score (nSPS) is 19.3. The van der Waals surface area contributed by atoms with Crippen molar-refractivity contribution >= 4 is 35.4 Å². The molecule has 0 spiro atoms. The minimum Gasteiger partial charge on any atom is -0.507 e. The van der Waals surface area contributed by atoms with Gasteiger partial charge in [0, 0.05) is 29.7 Å². The first-order chi connectivity index (χ1) is 10.4. The Morgan fingerprint density at radius 1 is 1.64 bits per heavy atom. The maximum absolute atomic E-state index is 13.0. The molecular formula is C14H17FN2O3S2. The molecule has 1 aromatic rings. The molecule has 0 unspecified atom stereocenters. The van der Waals surface area contributed by atoms with E-state index in [-0.39, 0.29) is 17.5 Å². The fraction of sp³-hybridized carbons (Fsp3) is 0.429. The van der Waals surface area contributed by atoms with Gasteiger partial charge in [0.25, 0.3) is 0 Å². The van der Waals surface area contributed by atoms with Crippen molar-refractivity contribution in [3.63, 3.8) is 0 Å². The molecular weight excluding hydrogens is 327 g/mol. The summed E-state index contributed by atoms with van der Waals surface area (Å²) in [5, 5.41) is 19.5. The second-order valence-corrected chi connectivity index (χ2v) is 6.41. The highest BCUT2D eigenvalue weighted by molar-refractivity contribution is 8.14. The van der Waals surface area contributed by atoms with Gasteiger partial charge in [0.2, 0.25) is 0 Å². The molecule has 0 aromatic heterocycles. The number of likely N-dealkylation sites (N-methyl/N-ethyl adjacent to an activating group) is 1. The van der Waals surface area contributed by atoms with Crippen molar-refractivity contribution in [3.05, 3.63) is 29.6 Å². The third kappa shape index (κ3) is 3.93. The Hall–Kier alpha value is -1.25. The molecule has 2 rings (SSSR count). The van der Waals surface area contributed by atoms with Crippen molar-refractivity contribution in [2.45, 2.75) is 12.1 Å². The zero-order valence-corrected chi connectivity index (χ0v) is 13.6. The molecule has 1 aliphatic rings. The Morgan fingerprint density at radius 2 is 2.36 bits per heavy atom. The highest BCUT2D eigenvalue weighted by atomic mass is 32.2. The Morgan fingerprint density at radius 3 is 2.95 bits per heavy atom. The van der Waals surface area contributed by atoms with E-state index < -0.39 is 17.8 Å². The highest BCUT2D eigenvalue weighted by Crippen LogP contribution is 2.29. The number of thioether (sulfide) groups is 1. The van der Waals surface area contributed by atoms with E-state index in [1.54, 1.807) is 11.9 Å². The Kier molecular flexibility index (Phi) is 5.71. The van der Waals surface area contributed by atoms with E-state index in [1.807, 2.05) is 0 Å². The zero-order valence-electron chi connectivity index (χ0n) is 11.9. The van der Waals surface area contributed by atoms with Crippen molar-refractivity contribution in [2.24, 2.45) is 4.99 Å². The van der Waals surface area contributed by atoms with Gasteiger partial charge >= 0.3 is 5.97 Å². The first kappa shape index (κ1) is 17.1. The average Bonchev–Trinajstić information content (AvgIpc) is 2.87. The van der Waals surface area contributed by atoms with Crippen LogP contribution in [0.1, 0.15) is 5.56 Å². The first-order valence-corrected chi connectivity index (χ1v) is 8.27. The van der Waals surface area contributed by atoms with Gasteiger partial charge < -0.3 is 10.2 Å². The van der Waals surface area contributed by atoms with E-state index in [0.29, 0.717) is 22.9 Å². The number of halogens is 1. The summed E-state index contributed by atoms with van der Waals surface area (Å²) in [5.74, 6) is -0.641. The standard InChI is InChI=1S/C14H17FN2O3S2/c1-17(11(6-21)14(19)20)5-9-7-22-13(16-9)10-3-2-8(15)4-12(10)18/h2-4,9,11,18,21H,5-7H2,1H3,(H,19,20)/t9-,11+/m0/s1. The van der Waals surface area contributed by atoms with Crippen LogP contribution in [0.15, 0.2) is 23.2 Å². The number of carboxylic acids is 1. The summed E-state index contributed by atoms with van der Waals surface area (Å²) in [4.78, 5) is 17.3. The summed E-state index contributed by atoms with van der Waals surface area (Å²) in [6, 6.07) is 3.09. The van der Waals surface area contributed by atoms with E-state index in [1.165, 1.54) is 23.9 Å². The maximum atomic E-state index is 13.0. The fourth-order valence-electron chi connectivity index (χ4n) is 2.21. The molecule has 1 heterocycles. The Labute approximate surface area is 137 Å². The number of carboxylic acid groups (broad SMARTS) is 1. The average molecular weight is 344 g/mol. The molecule has 2 atom stereocenters. The molecule has 22 heavy (non-hydrogen) atoms. The highest BCUT2D eigenvalue weighted by Gasteiger charge is 2.27. The van der Waals surface area contributed by atoms with Gasteiger partial charge in [-0.05, 0) is 19.2 Å². The number of hydrogen-bond acceptors (Lipinski definition) is 6. The molecule has 8 heteroatoms. The molecule has 0 saturated carbocycles. The predicted octanol–water partition coefficient (Wildman–Crippen LogP) is 1.71. The molecule has 0 fully saturated rings. The van der Waals surface area contributed by atoms with E-state index in [9.17, 15) is 14.3 Å². The van der Waals surface area contributed by atoms with Gasteiger partial charge in [-0.1, -0.05) is 0 Å². The molecule has 2 N–H and O–H groups in total. The van der Waals surface area contributed by atoms with Crippen LogP contribution in [0.4, 0.5) is 4.39 Å². The summed E-state index contributed by atoms with van der Waals surface area (Å²) in [7, 11) is 1.72. The number of phenols is 1. The molecule has 0 radical (unpaired) electrons. The van der Waals surface area contributed by atoms with Crippen LogP contribution in [0.3, 0.4) is 0 Å². The fourth-order valence-corrected chi connectivity index (χ4v) is 3.72. The smallest absolute Gasteiger partial charge is 0.321 e. The van der Waals surface area contributed by atoms with E-state index in [0.717, 1.165) is 6.07 Å². The lowest BCUT2D eigenvalue weighted by molar-refractivity contribution is -0.141. The lowest BCUT2D eigenvalue weighted by Gasteiger charge is -2.24. The summed E-state index contributed by atoms with van der Waals surface area (Å²) >= 11 is 5.52. The predicted molar refractivity (Wildman–Crippen MR) is 88.8 cm³/mol. The number of benzene rings is 1. The molecule has 1 aliphatic heterocycles. The minimum atomic E-state index is -0.913. The van der Waals surface area contributed by atoms with Crippen molar-refractivity contribution in [1.82, 2.24) is 4.90 Å². The molecule has 120 valence electrons. The number of aromatic hydroxyl groups is 1. The number of carbonyl (C=O) groups is 1. The van der Waals surface area contributed by atoms with Crippen LogP contribution in [0.5, 0.6) is 5.75 Å². The zero-order chi connectivity index (χ0) is 16.3. The number of rotatable bonds is 6. The number of phenolic OH excluding ortho intramolecular Hbond substituents is 1. The van der Waals surface area contributed by atoms with Crippen LogP contribution in [-0.2, 0) is 4.79 Å². The van der Waals surface area contributed by atoms with Crippen molar-refractivity contribution in [3.8, 4) is 5.75 Å². The van der Waals surface area contributed by atoms with Gasteiger partial charge in [-0.15, -0.1) is 11.8 Å². The molecule has 5 nitrogen and oxygen atoms in total. The van der Waals surface area contributed by atoms with Gasteiger partial charge in [0.15, 0.2) is 0 Å². The van der Waals surface area contributed by atoms with Crippen LogP contribution in [0.2, 0.25) is 0 Å². The second-order valence-electron chi connectivity index (χ2n) is 5.04. The van der Waals surface area contributed by atoms with E-state index in [2.05, 4.69) is 17.6 Å². The van der Waals surface area contributed by atoms with Crippen LogP contribution < -0.4 is 0 Å². The first-order valence-electron chi connectivity index (χ1n) is 6.65. The third-order valence-electron chi connectivity index (χ3n) is 3.39. The summed E-state index contributed by atoms with van der Waals surface area (Å²) in [6.45, 7) is 0.482. The Balaban J connectivity index is 2.07. The van der Waals surface area contributed by atoms with Gasteiger partial charge in [-0.3, -0.25) is 14.7 Å². The monoisotopic (exact) mass is 344 g/mol. The van der Waals surface area contributed by atoms with Crippen LogP contribution in [-0.4, -0.2) is 63.3 Å². The van der Waals surface area contributed by atoms with E-state index in [4.69, 9.17) is 5.11 Å². The summed E-state index contributed by atoms with van der Waals surface area (Å²) in [6.07, 6.45) is 0. The molecule has 0 bridgehead atoms. The summed E-state index contributed by atoms with van der Waals surface area (Å²) < 4.78 is 13.0. The van der Waals surface area contributed by atoms with Crippen molar-refractivity contribution < 1.29 is 19.4 Å². The number of hydrogen-bond donors (Lipinski definition) is 3. The van der Waals surface area contributed by atoms with Crippen LogP contribution in [0, 0.1) is 5.82 Å². The molecule has 0 saturated heterocycles. The topological polar surface area (TPSA) is 73.1 Å². The lowest BCUT2D eigenvalue weighted by atomic mass is 10.2. The summed E-state index contributed by atoms with van der Waals surface area (Å²) in [5.41, 5.74) is 0.500. The minimum absolute atomic E-state index is 0.0730. The van der Waals surface area contributed by atoms with Crippen molar-refractivity contribution in [2.75, 3.05) is 25.1 Å². The number of aliphatic imine (C=N–C) groups is 1. The van der Waals surface area contributed by atoms with E-state index >= 15 is 0 Å². The second kappa shape index (κ2) is 7.34. The quantitative estimate of drug-likeness (QED) is 0.685. The van der Waals surface area contributed by atoms with Crippen LogP contribution in [0.25, 0.3) is 0 Å². The number of thiol groups is 1. The molecule has 1 aromatic carbocycles. The van der Waals surface area contributed by atoms with Gasteiger partial charge in [-0.25, -0.2) is 4.39 Å². The van der Waals surface area contributed by atoms with Crippen molar-refractivity contribution in [1.29, 1.82) is 0 Å². The number of aliphatic carboxylic acids is 1.